The zero-order valence-corrected chi connectivity index (χ0v) is 14.6. The maximum Gasteiger partial charge on any atom is 0.235 e. The van der Waals surface area contributed by atoms with E-state index in [4.69, 9.17) is 4.74 Å². The number of hydrogen-bond donors (Lipinski definition) is 0. The van der Waals surface area contributed by atoms with Gasteiger partial charge in [0.25, 0.3) is 0 Å². The molecule has 3 heterocycles. The van der Waals surface area contributed by atoms with E-state index in [2.05, 4.69) is 0 Å². The van der Waals surface area contributed by atoms with Crippen molar-refractivity contribution in [1.29, 1.82) is 0 Å². The minimum Gasteiger partial charge on any atom is -0.457 e. The van der Waals surface area contributed by atoms with E-state index in [1.807, 2.05) is 48.5 Å². The summed E-state index contributed by atoms with van der Waals surface area (Å²) in [6, 6.07) is 14.9. The standard InChI is InChI=1S/C21H18N2O4/c24-18-9-10-19(25)23(18)13-11-22(12-13)21(26)20-14-5-1-3-7-16(14)27-17-8-4-2-6-15(17)20/h1-8,13,20H,9-12H2. The maximum absolute atomic E-state index is 13.3. The van der Waals surface area contributed by atoms with Gasteiger partial charge in [-0.05, 0) is 12.1 Å². The number of likely N-dealkylation sites (tertiary alicyclic amines) is 2. The third-order valence-electron chi connectivity index (χ3n) is 5.56. The summed E-state index contributed by atoms with van der Waals surface area (Å²) in [6.45, 7) is 0.802. The number of para-hydroxylation sites is 2. The first-order chi connectivity index (χ1) is 13.1. The van der Waals surface area contributed by atoms with Gasteiger partial charge in [0.05, 0.1) is 12.0 Å². The molecule has 0 radical (unpaired) electrons. The van der Waals surface area contributed by atoms with Crippen molar-refractivity contribution in [3.8, 4) is 11.5 Å². The molecule has 0 N–H and O–H groups in total. The Labute approximate surface area is 156 Å². The molecule has 3 aliphatic rings. The van der Waals surface area contributed by atoms with Gasteiger partial charge in [-0.15, -0.1) is 0 Å². The molecule has 2 fully saturated rings. The number of hydrogen-bond acceptors (Lipinski definition) is 4. The van der Waals surface area contributed by atoms with Crippen LogP contribution in [0.3, 0.4) is 0 Å². The fourth-order valence-electron chi connectivity index (χ4n) is 4.16. The lowest BCUT2D eigenvalue weighted by molar-refractivity contribution is -0.152. The van der Waals surface area contributed by atoms with Gasteiger partial charge in [-0.1, -0.05) is 36.4 Å². The predicted octanol–water partition coefficient (Wildman–Crippen LogP) is 2.28. The second-order valence-electron chi connectivity index (χ2n) is 7.17. The molecule has 0 aliphatic carbocycles. The van der Waals surface area contributed by atoms with Gasteiger partial charge in [0.15, 0.2) is 0 Å². The normalized spacial score (nSPS) is 19.4. The van der Waals surface area contributed by atoms with E-state index >= 15 is 0 Å². The zero-order chi connectivity index (χ0) is 18.5. The molecule has 0 aromatic heterocycles. The Kier molecular flexibility index (Phi) is 3.53. The summed E-state index contributed by atoms with van der Waals surface area (Å²) >= 11 is 0. The van der Waals surface area contributed by atoms with Crippen molar-refractivity contribution in [1.82, 2.24) is 9.80 Å². The topological polar surface area (TPSA) is 66.9 Å². The molecule has 0 bridgehead atoms. The number of ether oxygens (including phenoxy) is 1. The minimum atomic E-state index is -0.433. The SMILES string of the molecule is O=C(C1c2ccccc2Oc2ccccc21)N1CC(N2C(=O)CCC2=O)C1. The van der Waals surface area contributed by atoms with Crippen molar-refractivity contribution in [3.63, 3.8) is 0 Å². The van der Waals surface area contributed by atoms with Gasteiger partial charge in [0.1, 0.15) is 11.5 Å². The molecule has 27 heavy (non-hydrogen) atoms. The molecule has 2 saturated heterocycles. The van der Waals surface area contributed by atoms with Gasteiger partial charge in [-0.25, -0.2) is 0 Å². The van der Waals surface area contributed by atoms with E-state index in [-0.39, 0.29) is 36.6 Å². The lowest BCUT2D eigenvalue weighted by Crippen LogP contribution is -2.63. The van der Waals surface area contributed by atoms with E-state index in [1.54, 1.807) is 4.90 Å². The lowest BCUT2D eigenvalue weighted by atomic mass is 9.86. The van der Waals surface area contributed by atoms with E-state index in [0.717, 1.165) is 11.1 Å². The van der Waals surface area contributed by atoms with Gasteiger partial charge in [0, 0.05) is 37.1 Å². The number of nitrogens with zero attached hydrogens (tertiary/aromatic N) is 2. The highest BCUT2D eigenvalue weighted by Crippen LogP contribution is 2.45. The number of rotatable bonds is 2. The van der Waals surface area contributed by atoms with Crippen molar-refractivity contribution < 1.29 is 19.1 Å². The fraction of sp³-hybridized carbons (Fsp3) is 0.286. The molecule has 2 aromatic carbocycles. The molecule has 3 aliphatic heterocycles. The van der Waals surface area contributed by atoms with Crippen molar-refractivity contribution in [3.05, 3.63) is 59.7 Å². The van der Waals surface area contributed by atoms with Crippen LogP contribution in [0.4, 0.5) is 0 Å². The first-order valence-corrected chi connectivity index (χ1v) is 9.13. The average molecular weight is 362 g/mol. The Morgan fingerprint density at radius 2 is 1.37 bits per heavy atom. The van der Waals surface area contributed by atoms with Crippen LogP contribution in [0, 0.1) is 0 Å². The molecular weight excluding hydrogens is 344 g/mol. The van der Waals surface area contributed by atoms with Crippen LogP contribution in [0.15, 0.2) is 48.5 Å². The van der Waals surface area contributed by atoms with Crippen molar-refractivity contribution in [2.24, 2.45) is 0 Å². The fourth-order valence-corrected chi connectivity index (χ4v) is 4.16. The molecule has 0 spiro atoms. The van der Waals surface area contributed by atoms with Crippen molar-refractivity contribution >= 4 is 17.7 Å². The number of carbonyl (C=O) groups excluding carboxylic acids is 3. The van der Waals surface area contributed by atoms with Crippen LogP contribution in [0.2, 0.25) is 0 Å². The zero-order valence-electron chi connectivity index (χ0n) is 14.6. The van der Waals surface area contributed by atoms with Crippen LogP contribution in [0.5, 0.6) is 11.5 Å². The Bertz CT molecular complexity index is 903. The summed E-state index contributed by atoms with van der Waals surface area (Å²) < 4.78 is 5.95. The highest BCUT2D eigenvalue weighted by molar-refractivity contribution is 6.02. The number of benzene rings is 2. The monoisotopic (exact) mass is 362 g/mol. The summed E-state index contributed by atoms with van der Waals surface area (Å²) in [6.07, 6.45) is 0.563. The molecular formula is C21H18N2O4. The Morgan fingerprint density at radius 3 is 1.93 bits per heavy atom. The highest BCUT2D eigenvalue weighted by Gasteiger charge is 2.45. The molecule has 0 unspecified atom stereocenters. The van der Waals surface area contributed by atoms with Gasteiger partial charge < -0.3 is 9.64 Å². The van der Waals surface area contributed by atoms with Gasteiger partial charge >= 0.3 is 0 Å². The third-order valence-corrected chi connectivity index (χ3v) is 5.56. The van der Waals surface area contributed by atoms with E-state index in [0.29, 0.717) is 24.6 Å². The van der Waals surface area contributed by atoms with E-state index in [1.165, 1.54) is 4.90 Å². The third kappa shape index (κ3) is 2.44. The quantitative estimate of drug-likeness (QED) is 0.769. The summed E-state index contributed by atoms with van der Waals surface area (Å²) in [5.41, 5.74) is 1.69. The summed E-state index contributed by atoms with van der Waals surface area (Å²) in [4.78, 5) is 40.2. The number of carbonyl (C=O) groups is 3. The van der Waals surface area contributed by atoms with Gasteiger partial charge in [-0.2, -0.15) is 0 Å². The number of fused-ring (bicyclic) bond motifs is 2. The average Bonchev–Trinajstić information content (AvgIpc) is 2.97. The maximum atomic E-state index is 13.3. The molecule has 3 amide bonds. The molecule has 0 atom stereocenters. The minimum absolute atomic E-state index is 0.0199. The van der Waals surface area contributed by atoms with Crippen molar-refractivity contribution in [2.45, 2.75) is 24.8 Å². The van der Waals surface area contributed by atoms with E-state index in [9.17, 15) is 14.4 Å². The molecule has 0 saturated carbocycles. The Hall–Kier alpha value is -3.15. The molecule has 6 heteroatoms. The van der Waals surface area contributed by atoms with Gasteiger partial charge in [0.2, 0.25) is 17.7 Å². The highest BCUT2D eigenvalue weighted by atomic mass is 16.5. The lowest BCUT2D eigenvalue weighted by Gasteiger charge is -2.44. The molecule has 2 aromatic rings. The first kappa shape index (κ1) is 16.1. The Morgan fingerprint density at radius 1 is 0.852 bits per heavy atom. The second kappa shape index (κ2) is 5.94. The first-order valence-electron chi connectivity index (χ1n) is 9.13. The van der Waals surface area contributed by atoms with Crippen LogP contribution >= 0.6 is 0 Å². The smallest absolute Gasteiger partial charge is 0.235 e. The van der Waals surface area contributed by atoms with Gasteiger partial charge in [-0.3, -0.25) is 19.3 Å². The second-order valence-corrected chi connectivity index (χ2v) is 7.17. The molecule has 136 valence electrons. The number of imide groups is 1. The summed E-state index contributed by atoms with van der Waals surface area (Å²) in [7, 11) is 0. The van der Waals surface area contributed by atoms with Crippen LogP contribution in [-0.4, -0.2) is 46.7 Å². The Balaban J connectivity index is 1.42. The summed E-state index contributed by atoms with van der Waals surface area (Å²) in [5.74, 6) is 0.677. The van der Waals surface area contributed by atoms with E-state index < -0.39 is 5.92 Å². The summed E-state index contributed by atoms with van der Waals surface area (Å²) in [5, 5.41) is 0. The predicted molar refractivity (Wildman–Crippen MR) is 96.3 cm³/mol. The van der Waals surface area contributed by atoms with Crippen LogP contribution in [0.25, 0.3) is 0 Å². The van der Waals surface area contributed by atoms with Crippen molar-refractivity contribution in [2.75, 3.05) is 13.1 Å². The molecule has 6 nitrogen and oxygen atoms in total. The number of amides is 3. The van der Waals surface area contributed by atoms with Crippen LogP contribution < -0.4 is 4.74 Å². The molecule has 5 rings (SSSR count). The van der Waals surface area contributed by atoms with Crippen LogP contribution in [-0.2, 0) is 14.4 Å². The largest absolute Gasteiger partial charge is 0.457 e. The van der Waals surface area contributed by atoms with Crippen LogP contribution in [0.1, 0.15) is 29.9 Å².